The Labute approximate surface area is 113 Å². The summed E-state index contributed by atoms with van der Waals surface area (Å²) in [6, 6.07) is 6.27. The molecule has 0 saturated carbocycles. The van der Waals surface area contributed by atoms with Crippen LogP contribution in [0.25, 0.3) is 0 Å². The molecule has 0 N–H and O–H groups in total. The van der Waals surface area contributed by atoms with E-state index in [1.807, 2.05) is 22.7 Å². The number of aryl methyl sites for hydroxylation is 1. The number of thioether (sulfide) groups is 1. The summed E-state index contributed by atoms with van der Waals surface area (Å²) in [6.45, 7) is 1.87. The van der Waals surface area contributed by atoms with E-state index in [0.717, 1.165) is 37.9 Å². The average Bonchev–Trinajstić information content (AvgIpc) is 2.47. The number of piperidine rings is 1. The minimum Gasteiger partial charge on any atom is -0.339 e. The summed E-state index contributed by atoms with van der Waals surface area (Å²) in [5.74, 6) is 1.44. The van der Waals surface area contributed by atoms with E-state index in [-0.39, 0.29) is 5.91 Å². The van der Waals surface area contributed by atoms with E-state index in [4.69, 9.17) is 0 Å². The normalized spacial score (nSPS) is 19.4. The van der Waals surface area contributed by atoms with E-state index in [9.17, 15) is 4.79 Å². The number of rotatable bonds is 1. The first-order valence-electron chi connectivity index (χ1n) is 6.89. The highest BCUT2D eigenvalue weighted by Crippen LogP contribution is 2.30. The second-order valence-electron chi connectivity index (χ2n) is 5.13. The maximum Gasteiger partial charge on any atom is 0.253 e. The Hall–Kier alpha value is -0.960. The van der Waals surface area contributed by atoms with Crippen LogP contribution in [0.2, 0.25) is 0 Å². The Bertz CT molecular complexity index is 452. The Kier molecular flexibility index (Phi) is 3.59. The van der Waals surface area contributed by atoms with Crippen molar-refractivity contribution in [2.24, 2.45) is 0 Å². The summed E-state index contributed by atoms with van der Waals surface area (Å²) in [5, 5.41) is 0. The lowest BCUT2D eigenvalue weighted by molar-refractivity contribution is 0.0724. The van der Waals surface area contributed by atoms with E-state index in [1.54, 1.807) is 0 Å². The highest BCUT2D eigenvalue weighted by atomic mass is 32.2. The SMILES string of the molecule is O=C(c1ccc2c(c1)CCCS2)N1CCCCC1. The largest absolute Gasteiger partial charge is 0.339 e. The number of carbonyl (C=O) groups excluding carboxylic acids is 1. The predicted molar refractivity (Wildman–Crippen MR) is 75.2 cm³/mol. The third-order valence-electron chi connectivity index (χ3n) is 3.80. The van der Waals surface area contributed by atoms with Crippen LogP contribution in [-0.4, -0.2) is 29.6 Å². The lowest BCUT2D eigenvalue weighted by Crippen LogP contribution is -2.35. The predicted octanol–water partition coefficient (Wildman–Crippen LogP) is 3.35. The fourth-order valence-electron chi connectivity index (χ4n) is 2.77. The van der Waals surface area contributed by atoms with Crippen molar-refractivity contribution in [1.29, 1.82) is 0 Å². The first kappa shape index (κ1) is 12.1. The van der Waals surface area contributed by atoms with Crippen LogP contribution >= 0.6 is 11.8 Å². The van der Waals surface area contributed by atoms with Crippen molar-refractivity contribution in [1.82, 2.24) is 4.90 Å². The van der Waals surface area contributed by atoms with Gasteiger partial charge in [-0.05, 0) is 61.6 Å². The van der Waals surface area contributed by atoms with Crippen LogP contribution in [0.1, 0.15) is 41.6 Å². The average molecular weight is 261 g/mol. The number of carbonyl (C=O) groups is 1. The molecule has 3 rings (SSSR count). The quantitative estimate of drug-likeness (QED) is 0.772. The molecule has 96 valence electrons. The minimum atomic E-state index is 0.230. The van der Waals surface area contributed by atoms with Gasteiger partial charge in [0.05, 0.1) is 0 Å². The second-order valence-corrected chi connectivity index (χ2v) is 6.26. The van der Waals surface area contributed by atoms with Gasteiger partial charge in [-0.2, -0.15) is 0 Å². The van der Waals surface area contributed by atoms with Crippen molar-refractivity contribution >= 4 is 17.7 Å². The lowest BCUT2D eigenvalue weighted by Gasteiger charge is -2.27. The first-order chi connectivity index (χ1) is 8.84. The third kappa shape index (κ3) is 2.41. The zero-order valence-corrected chi connectivity index (χ0v) is 11.5. The van der Waals surface area contributed by atoms with Crippen molar-refractivity contribution < 1.29 is 4.79 Å². The standard InChI is InChI=1S/C15H19NOS/c17-15(16-8-2-1-3-9-16)13-6-7-14-12(11-13)5-4-10-18-14/h6-7,11H,1-5,8-10H2. The molecule has 0 aliphatic carbocycles. The molecule has 2 nitrogen and oxygen atoms in total. The smallest absolute Gasteiger partial charge is 0.253 e. The maximum absolute atomic E-state index is 12.4. The van der Waals surface area contributed by atoms with Crippen LogP contribution in [0.15, 0.2) is 23.1 Å². The molecule has 0 atom stereocenters. The van der Waals surface area contributed by atoms with Crippen LogP contribution in [0.5, 0.6) is 0 Å². The number of hydrogen-bond acceptors (Lipinski definition) is 2. The molecule has 3 heteroatoms. The van der Waals surface area contributed by atoms with Crippen LogP contribution in [0.4, 0.5) is 0 Å². The van der Waals surface area contributed by atoms with Gasteiger partial charge < -0.3 is 4.90 Å². The van der Waals surface area contributed by atoms with Gasteiger partial charge in [0.15, 0.2) is 0 Å². The molecule has 1 aromatic rings. The summed E-state index contributed by atoms with van der Waals surface area (Å²) in [5.41, 5.74) is 2.26. The van der Waals surface area contributed by atoms with Crippen LogP contribution in [0, 0.1) is 0 Å². The van der Waals surface area contributed by atoms with Gasteiger partial charge in [0.2, 0.25) is 0 Å². The molecular formula is C15H19NOS. The van der Waals surface area contributed by atoms with Gasteiger partial charge in [0.25, 0.3) is 5.91 Å². The number of likely N-dealkylation sites (tertiary alicyclic amines) is 1. The second kappa shape index (κ2) is 5.35. The highest BCUT2D eigenvalue weighted by Gasteiger charge is 2.19. The van der Waals surface area contributed by atoms with Gasteiger partial charge in [0.1, 0.15) is 0 Å². The zero-order chi connectivity index (χ0) is 12.4. The van der Waals surface area contributed by atoms with Crippen molar-refractivity contribution in [3.63, 3.8) is 0 Å². The van der Waals surface area contributed by atoms with Gasteiger partial charge >= 0.3 is 0 Å². The Morgan fingerprint density at radius 2 is 1.94 bits per heavy atom. The summed E-state index contributed by atoms with van der Waals surface area (Å²) in [6.07, 6.45) is 5.95. The summed E-state index contributed by atoms with van der Waals surface area (Å²) in [4.78, 5) is 15.8. The van der Waals surface area contributed by atoms with Gasteiger partial charge in [-0.1, -0.05) is 0 Å². The molecule has 0 radical (unpaired) electrons. The monoisotopic (exact) mass is 261 g/mol. The molecule has 1 fully saturated rings. The summed E-state index contributed by atoms with van der Waals surface area (Å²) < 4.78 is 0. The van der Waals surface area contributed by atoms with E-state index in [2.05, 4.69) is 12.1 Å². The Balaban J connectivity index is 1.80. The van der Waals surface area contributed by atoms with Gasteiger partial charge in [-0.3, -0.25) is 4.79 Å². The molecule has 18 heavy (non-hydrogen) atoms. The molecule has 2 heterocycles. The molecule has 0 spiro atoms. The Morgan fingerprint density at radius 3 is 2.78 bits per heavy atom. The summed E-state index contributed by atoms with van der Waals surface area (Å²) >= 11 is 1.92. The molecule has 2 aliphatic heterocycles. The van der Waals surface area contributed by atoms with E-state index in [1.165, 1.54) is 29.1 Å². The molecule has 1 saturated heterocycles. The van der Waals surface area contributed by atoms with Crippen LogP contribution in [0.3, 0.4) is 0 Å². The fourth-order valence-corrected chi connectivity index (χ4v) is 3.79. The summed E-state index contributed by atoms with van der Waals surface area (Å²) in [7, 11) is 0. The van der Waals surface area contributed by atoms with Crippen molar-refractivity contribution in [2.75, 3.05) is 18.8 Å². The first-order valence-corrected chi connectivity index (χ1v) is 7.88. The lowest BCUT2D eigenvalue weighted by atomic mass is 10.0. The molecule has 2 aliphatic rings. The van der Waals surface area contributed by atoms with Gasteiger partial charge in [-0.25, -0.2) is 0 Å². The van der Waals surface area contributed by atoms with Crippen LogP contribution < -0.4 is 0 Å². The van der Waals surface area contributed by atoms with Crippen LogP contribution in [-0.2, 0) is 6.42 Å². The molecule has 1 amide bonds. The molecule has 0 unspecified atom stereocenters. The van der Waals surface area contributed by atoms with E-state index in [0.29, 0.717) is 0 Å². The van der Waals surface area contributed by atoms with E-state index >= 15 is 0 Å². The highest BCUT2D eigenvalue weighted by molar-refractivity contribution is 7.99. The maximum atomic E-state index is 12.4. The molecule has 0 bridgehead atoms. The van der Waals surface area contributed by atoms with Crippen molar-refractivity contribution in [3.8, 4) is 0 Å². The Morgan fingerprint density at radius 1 is 1.11 bits per heavy atom. The minimum absolute atomic E-state index is 0.230. The van der Waals surface area contributed by atoms with E-state index < -0.39 is 0 Å². The molecule has 1 aromatic carbocycles. The van der Waals surface area contributed by atoms with Gasteiger partial charge in [-0.15, -0.1) is 11.8 Å². The third-order valence-corrected chi connectivity index (χ3v) is 5.00. The number of amides is 1. The van der Waals surface area contributed by atoms with Crippen molar-refractivity contribution in [2.45, 2.75) is 37.0 Å². The molecule has 0 aromatic heterocycles. The topological polar surface area (TPSA) is 20.3 Å². The number of fused-ring (bicyclic) bond motifs is 1. The fraction of sp³-hybridized carbons (Fsp3) is 0.533. The van der Waals surface area contributed by atoms with Crippen molar-refractivity contribution in [3.05, 3.63) is 29.3 Å². The number of benzene rings is 1. The zero-order valence-electron chi connectivity index (χ0n) is 10.7. The van der Waals surface area contributed by atoms with Gasteiger partial charge in [0, 0.05) is 23.5 Å². The number of hydrogen-bond donors (Lipinski definition) is 0. The molecular weight excluding hydrogens is 242 g/mol. The number of nitrogens with zero attached hydrogens (tertiary/aromatic N) is 1.